The smallest absolute Gasteiger partial charge is 0.287 e. The largest absolute Gasteiger partial charge is 0.493 e. The normalized spacial score (nSPS) is 15.5. The van der Waals surface area contributed by atoms with Gasteiger partial charge in [0.25, 0.3) is 5.91 Å². The van der Waals surface area contributed by atoms with Gasteiger partial charge in [0, 0.05) is 18.0 Å². The van der Waals surface area contributed by atoms with E-state index in [0.717, 1.165) is 17.7 Å². The Morgan fingerprint density at radius 3 is 2.61 bits per heavy atom. The summed E-state index contributed by atoms with van der Waals surface area (Å²) in [6.45, 7) is 0.837. The lowest BCUT2D eigenvalue weighted by Gasteiger charge is -2.32. The van der Waals surface area contributed by atoms with Gasteiger partial charge in [-0.2, -0.15) is 0 Å². The first kappa shape index (κ1) is 27.2. The Kier molecular flexibility index (Phi) is 9.39. The average Bonchev–Trinajstić information content (AvgIpc) is 3.74. The summed E-state index contributed by atoms with van der Waals surface area (Å²) in [4.78, 5) is 42.1. The number of carbonyl (C=O) groups excluding carboxylic acids is 3. The summed E-state index contributed by atoms with van der Waals surface area (Å²) in [5, 5.41) is 7.46. The Labute approximate surface area is 224 Å². The van der Waals surface area contributed by atoms with Gasteiger partial charge in [-0.05, 0) is 54.1 Å². The van der Waals surface area contributed by atoms with Crippen molar-refractivity contribution in [2.45, 2.75) is 31.5 Å². The van der Waals surface area contributed by atoms with Gasteiger partial charge in [-0.25, -0.2) is 0 Å². The fourth-order valence-corrected chi connectivity index (χ4v) is 4.96. The number of ether oxygens (including phenoxy) is 3. The quantitative estimate of drug-likeness (QED) is 0.362. The summed E-state index contributed by atoms with van der Waals surface area (Å²) in [6, 6.07) is 11.0. The molecule has 0 aliphatic carbocycles. The van der Waals surface area contributed by atoms with Gasteiger partial charge in [0.15, 0.2) is 17.3 Å². The predicted molar refractivity (Wildman–Crippen MR) is 140 cm³/mol. The summed E-state index contributed by atoms with van der Waals surface area (Å²) in [7, 11) is 3.03. The monoisotopic (exact) mass is 541 g/mol. The second-order valence-corrected chi connectivity index (χ2v) is 9.69. The number of nitrogens with one attached hydrogen (secondary N) is 2. The molecule has 202 valence electrons. The minimum Gasteiger partial charge on any atom is -0.493 e. The molecule has 1 fully saturated rings. The number of methoxy groups -OCH3 is 2. The van der Waals surface area contributed by atoms with E-state index in [0.29, 0.717) is 30.2 Å². The summed E-state index contributed by atoms with van der Waals surface area (Å²) >= 11 is 1.47. The number of nitrogens with zero attached hydrogens (tertiary/aromatic N) is 1. The van der Waals surface area contributed by atoms with E-state index < -0.39 is 17.9 Å². The third-order valence-corrected chi connectivity index (χ3v) is 7.04. The van der Waals surface area contributed by atoms with E-state index >= 15 is 0 Å². The maximum absolute atomic E-state index is 13.7. The molecule has 38 heavy (non-hydrogen) atoms. The third-order valence-electron chi connectivity index (χ3n) is 6.18. The molecule has 4 rings (SSSR count). The first-order valence-electron chi connectivity index (χ1n) is 12.2. The maximum atomic E-state index is 13.7. The minimum absolute atomic E-state index is 0.0703. The number of hydrogen-bond donors (Lipinski definition) is 2. The zero-order valence-electron chi connectivity index (χ0n) is 21.3. The average molecular weight is 542 g/mol. The molecule has 0 unspecified atom stereocenters. The molecule has 10 nitrogen and oxygen atoms in total. The molecule has 1 saturated heterocycles. The van der Waals surface area contributed by atoms with Gasteiger partial charge in [0.2, 0.25) is 11.8 Å². The number of amides is 3. The van der Waals surface area contributed by atoms with Crippen molar-refractivity contribution in [3.05, 3.63) is 70.3 Å². The maximum Gasteiger partial charge on any atom is 0.287 e. The molecule has 0 saturated carbocycles. The lowest BCUT2D eigenvalue weighted by Crippen LogP contribution is -2.47. The Morgan fingerprint density at radius 1 is 1.11 bits per heavy atom. The van der Waals surface area contributed by atoms with Crippen molar-refractivity contribution in [2.75, 3.05) is 33.9 Å². The van der Waals surface area contributed by atoms with Gasteiger partial charge < -0.3 is 34.2 Å². The highest BCUT2D eigenvalue weighted by molar-refractivity contribution is 7.09. The van der Waals surface area contributed by atoms with E-state index in [-0.39, 0.29) is 30.9 Å². The summed E-state index contributed by atoms with van der Waals surface area (Å²) in [5.74, 6) is -0.313. The van der Waals surface area contributed by atoms with E-state index in [4.69, 9.17) is 18.6 Å². The fourth-order valence-electron chi connectivity index (χ4n) is 4.26. The van der Waals surface area contributed by atoms with Gasteiger partial charge in [-0.15, -0.1) is 11.3 Å². The van der Waals surface area contributed by atoms with Gasteiger partial charge in [-0.3, -0.25) is 14.4 Å². The number of furan rings is 1. The van der Waals surface area contributed by atoms with Crippen LogP contribution in [0, 0.1) is 0 Å². The van der Waals surface area contributed by atoms with Crippen LogP contribution in [-0.4, -0.2) is 62.6 Å². The standard InChI is InChI=1S/C27H31N3O7S/c1-34-21-10-9-18(14-23(21)35-2)25(27(33)28-15-19-6-3-11-36-19)30(17-20-7-5-13-38-20)24(31)16-29-26(32)22-8-4-12-37-22/h4-5,7-10,12-14,19,25H,3,6,11,15-17H2,1-2H3,(H,28,33)(H,29,32)/t19-,25+/m0/s1. The summed E-state index contributed by atoms with van der Waals surface area (Å²) in [5.41, 5.74) is 0.537. The van der Waals surface area contributed by atoms with Gasteiger partial charge in [-0.1, -0.05) is 12.1 Å². The molecule has 2 N–H and O–H groups in total. The minimum atomic E-state index is -1.01. The van der Waals surface area contributed by atoms with Gasteiger partial charge >= 0.3 is 0 Å². The predicted octanol–water partition coefficient (Wildman–Crippen LogP) is 3.15. The van der Waals surface area contributed by atoms with Crippen molar-refractivity contribution < 1.29 is 33.0 Å². The Bertz CT molecular complexity index is 1210. The topological polar surface area (TPSA) is 119 Å². The zero-order chi connectivity index (χ0) is 26.9. The molecule has 1 aromatic carbocycles. The van der Waals surface area contributed by atoms with E-state index in [1.165, 1.54) is 42.8 Å². The summed E-state index contributed by atoms with van der Waals surface area (Å²) < 4.78 is 21.6. The van der Waals surface area contributed by atoms with Crippen LogP contribution in [0.5, 0.6) is 11.5 Å². The van der Waals surface area contributed by atoms with Crippen molar-refractivity contribution in [2.24, 2.45) is 0 Å². The van der Waals surface area contributed by atoms with Crippen LogP contribution in [0.15, 0.2) is 58.5 Å². The molecule has 0 radical (unpaired) electrons. The molecular formula is C27H31N3O7S. The van der Waals surface area contributed by atoms with Crippen LogP contribution in [0.4, 0.5) is 0 Å². The van der Waals surface area contributed by atoms with Crippen molar-refractivity contribution in [1.29, 1.82) is 0 Å². The number of thiophene rings is 1. The molecule has 2 atom stereocenters. The first-order chi connectivity index (χ1) is 18.5. The van der Waals surface area contributed by atoms with Crippen LogP contribution in [-0.2, 0) is 20.9 Å². The van der Waals surface area contributed by atoms with E-state index in [1.54, 1.807) is 24.3 Å². The van der Waals surface area contributed by atoms with Crippen LogP contribution < -0.4 is 20.1 Å². The third kappa shape index (κ3) is 6.73. The molecular weight excluding hydrogens is 510 g/mol. The van der Waals surface area contributed by atoms with Crippen molar-refractivity contribution >= 4 is 29.1 Å². The van der Waals surface area contributed by atoms with Crippen molar-refractivity contribution in [3.63, 3.8) is 0 Å². The Morgan fingerprint density at radius 2 is 1.95 bits per heavy atom. The van der Waals surface area contributed by atoms with E-state index in [1.807, 2.05) is 17.5 Å². The number of carbonyl (C=O) groups is 3. The number of benzene rings is 1. The second kappa shape index (κ2) is 13.1. The summed E-state index contributed by atoms with van der Waals surface area (Å²) in [6.07, 6.45) is 3.11. The fraction of sp³-hybridized carbons (Fsp3) is 0.370. The Hall–Kier alpha value is -3.83. The molecule has 1 aliphatic rings. The highest BCUT2D eigenvalue weighted by Crippen LogP contribution is 2.33. The number of hydrogen-bond acceptors (Lipinski definition) is 8. The molecule has 0 bridgehead atoms. The lowest BCUT2D eigenvalue weighted by molar-refractivity contribution is -0.141. The van der Waals surface area contributed by atoms with Crippen LogP contribution in [0.2, 0.25) is 0 Å². The molecule has 11 heteroatoms. The molecule has 3 heterocycles. The molecule has 0 spiro atoms. The lowest BCUT2D eigenvalue weighted by atomic mass is 10.0. The van der Waals surface area contributed by atoms with Crippen LogP contribution >= 0.6 is 11.3 Å². The highest BCUT2D eigenvalue weighted by Gasteiger charge is 2.33. The van der Waals surface area contributed by atoms with E-state index in [9.17, 15) is 14.4 Å². The van der Waals surface area contributed by atoms with Gasteiger partial charge in [0.05, 0.1) is 39.7 Å². The van der Waals surface area contributed by atoms with Gasteiger partial charge in [0.1, 0.15) is 6.04 Å². The highest BCUT2D eigenvalue weighted by atomic mass is 32.1. The SMILES string of the molecule is COc1ccc([C@H](C(=O)NC[C@@H]2CCCO2)N(Cc2cccs2)C(=O)CNC(=O)c2ccco2)cc1OC. The van der Waals surface area contributed by atoms with Crippen LogP contribution in [0.1, 0.15) is 39.9 Å². The Balaban J connectivity index is 1.64. The van der Waals surface area contributed by atoms with Crippen LogP contribution in [0.25, 0.3) is 0 Å². The zero-order valence-corrected chi connectivity index (χ0v) is 22.1. The van der Waals surface area contributed by atoms with Crippen molar-refractivity contribution in [1.82, 2.24) is 15.5 Å². The second-order valence-electron chi connectivity index (χ2n) is 8.66. The number of rotatable bonds is 12. The molecule has 3 amide bonds. The molecule has 3 aromatic rings. The molecule has 2 aromatic heterocycles. The van der Waals surface area contributed by atoms with Crippen LogP contribution in [0.3, 0.4) is 0 Å². The van der Waals surface area contributed by atoms with Crippen molar-refractivity contribution in [3.8, 4) is 11.5 Å². The first-order valence-corrected chi connectivity index (χ1v) is 13.1. The molecule has 1 aliphatic heterocycles. The van der Waals surface area contributed by atoms with E-state index in [2.05, 4.69) is 10.6 Å².